The summed E-state index contributed by atoms with van der Waals surface area (Å²) >= 11 is 3.57. The maximum atomic E-state index is 5.49. The molecule has 0 aliphatic heterocycles. The summed E-state index contributed by atoms with van der Waals surface area (Å²) in [6, 6.07) is 10.0. The molecular formula is C15H20BrN5. The third kappa shape index (κ3) is 4.15. The molecule has 0 unspecified atom stereocenters. The molecule has 0 bridgehead atoms. The lowest BCUT2D eigenvalue weighted by Gasteiger charge is -2.20. The Hall–Kier alpha value is -1.66. The van der Waals surface area contributed by atoms with Crippen molar-refractivity contribution < 1.29 is 0 Å². The molecule has 2 rings (SSSR count). The third-order valence-corrected chi connectivity index (χ3v) is 3.91. The number of benzene rings is 1. The molecule has 0 saturated carbocycles. The lowest BCUT2D eigenvalue weighted by molar-refractivity contribution is 0.812. The van der Waals surface area contributed by atoms with E-state index in [-0.39, 0.29) is 0 Å². The maximum absolute atomic E-state index is 5.49. The molecule has 1 heterocycles. The molecule has 0 aliphatic rings. The van der Waals surface area contributed by atoms with Gasteiger partial charge in [-0.05, 0) is 18.1 Å². The van der Waals surface area contributed by atoms with E-state index in [1.54, 1.807) is 0 Å². The fourth-order valence-electron chi connectivity index (χ4n) is 2.05. The predicted octanol–water partition coefficient (Wildman–Crippen LogP) is 3.11. The van der Waals surface area contributed by atoms with Gasteiger partial charge in [-0.15, -0.1) is 0 Å². The number of nitrogens with one attached hydrogen (secondary N) is 1. The lowest BCUT2D eigenvalue weighted by Crippen LogP contribution is -2.20. The summed E-state index contributed by atoms with van der Waals surface area (Å²) in [5, 5.41) is 0. The molecule has 112 valence electrons. The third-order valence-electron chi connectivity index (χ3n) is 3.14. The van der Waals surface area contributed by atoms with Gasteiger partial charge < -0.3 is 10.3 Å². The molecule has 0 amide bonds. The normalized spacial score (nSPS) is 10.5. The summed E-state index contributed by atoms with van der Waals surface area (Å²) in [6.07, 6.45) is 1.84. The zero-order chi connectivity index (χ0) is 15.2. The summed E-state index contributed by atoms with van der Waals surface area (Å²) < 4.78 is 1.09. The van der Waals surface area contributed by atoms with E-state index in [2.05, 4.69) is 49.2 Å². The minimum Gasteiger partial charge on any atom is -0.355 e. The quantitative estimate of drug-likeness (QED) is 0.619. The van der Waals surface area contributed by atoms with Crippen molar-refractivity contribution in [3.05, 3.63) is 46.2 Å². The number of rotatable bonds is 6. The Balaban J connectivity index is 2.23. The van der Waals surface area contributed by atoms with Gasteiger partial charge in [-0.25, -0.2) is 15.8 Å². The minimum absolute atomic E-state index is 0.641. The summed E-state index contributed by atoms with van der Waals surface area (Å²) in [4.78, 5) is 11.1. The van der Waals surface area contributed by atoms with Crippen LogP contribution in [0.25, 0.3) is 0 Å². The summed E-state index contributed by atoms with van der Waals surface area (Å²) in [5.74, 6) is 7.80. The monoisotopic (exact) mass is 349 g/mol. The van der Waals surface area contributed by atoms with E-state index >= 15 is 0 Å². The second-order valence-corrected chi connectivity index (χ2v) is 5.72. The molecular weight excluding hydrogens is 330 g/mol. The van der Waals surface area contributed by atoms with Gasteiger partial charge in [-0.3, -0.25) is 0 Å². The number of halogens is 1. The molecule has 5 nitrogen and oxygen atoms in total. The summed E-state index contributed by atoms with van der Waals surface area (Å²) in [7, 11) is 2.01. The van der Waals surface area contributed by atoms with Gasteiger partial charge in [0.1, 0.15) is 17.5 Å². The summed E-state index contributed by atoms with van der Waals surface area (Å²) in [5.41, 5.74) is 3.82. The first-order valence-electron chi connectivity index (χ1n) is 6.93. The van der Waals surface area contributed by atoms with Crippen LogP contribution in [0.5, 0.6) is 0 Å². The van der Waals surface area contributed by atoms with Gasteiger partial charge in [0.2, 0.25) is 0 Å². The maximum Gasteiger partial charge on any atom is 0.145 e. The number of aryl methyl sites for hydroxylation is 1. The van der Waals surface area contributed by atoms with E-state index in [0.717, 1.165) is 35.5 Å². The molecule has 0 atom stereocenters. The van der Waals surface area contributed by atoms with Crippen LogP contribution in [0.1, 0.15) is 24.7 Å². The number of nitrogen functional groups attached to an aromatic ring is 1. The van der Waals surface area contributed by atoms with Crippen molar-refractivity contribution in [3.63, 3.8) is 0 Å². The Morgan fingerprint density at radius 3 is 2.71 bits per heavy atom. The Labute approximate surface area is 133 Å². The number of aromatic nitrogens is 2. The van der Waals surface area contributed by atoms with Crippen LogP contribution in [0.4, 0.5) is 11.6 Å². The first-order chi connectivity index (χ1) is 10.1. The number of nitrogens with zero attached hydrogens (tertiary/aromatic N) is 3. The van der Waals surface area contributed by atoms with E-state index < -0.39 is 0 Å². The van der Waals surface area contributed by atoms with Crippen LogP contribution >= 0.6 is 15.9 Å². The van der Waals surface area contributed by atoms with Crippen LogP contribution in [0.3, 0.4) is 0 Å². The van der Waals surface area contributed by atoms with Gasteiger partial charge in [-0.2, -0.15) is 0 Å². The topological polar surface area (TPSA) is 67.1 Å². The van der Waals surface area contributed by atoms with Crippen LogP contribution < -0.4 is 16.2 Å². The standard InChI is InChI=1S/C15H20BrN5/c1-3-6-13-18-14(20-17)9-15(19-13)21(2)10-11-7-4-5-8-12(11)16/h4-5,7-9H,3,6,10,17H2,1-2H3,(H,18,19,20). The van der Waals surface area contributed by atoms with Crippen molar-refractivity contribution in [3.8, 4) is 0 Å². The molecule has 1 aromatic carbocycles. The van der Waals surface area contributed by atoms with Crippen molar-refractivity contribution in [1.82, 2.24) is 9.97 Å². The van der Waals surface area contributed by atoms with E-state index in [0.29, 0.717) is 5.82 Å². The fraction of sp³-hybridized carbons (Fsp3) is 0.333. The highest BCUT2D eigenvalue weighted by atomic mass is 79.9. The van der Waals surface area contributed by atoms with Crippen molar-refractivity contribution in [2.24, 2.45) is 5.84 Å². The molecule has 0 radical (unpaired) electrons. The molecule has 0 saturated heterocycles. The van der Waals surface area contributed by atoms with Crippen LogP contribution in [0, 0.1) is 0 Å². The van der Waals surface area contributed by atoms with Gasteiger partial charge in [0.05, 0.1) is 0 Å². The molecule has 0 fully saturated rings. The fourth-order valence-corrected chi connectivity index (χ4v) is 2.46. The van der Waals surface area contributed by atoms with Gasteiger partial charge in [-0.1, -0.05) is 41.1 Å². The van der Waals surface area contributed by atoms with Crippen molar-refractivity contribution in [2.75, 3.05) is 17.4 Å². The average Bonchev–Trinajstić information content (AvgIpc) is 2.49. The Bertz CT molecular complexity index is 602. The van der Waals surface area contributed by atoms with Crippen LogP contribution in [0.2, 0.25) is 0 Å². The second-order valence-electron chi connectivity index (χ2n) is 4.87. The van der Waals surface area contributed by atoms with Gasteiger partial charge in [0.25, 0.3) is 0 Å². The molecule has 2 aromatic rings. The van der Waals surface area contributed by atoms with Gasteiger partial charge in [0, 0.05) is 30.6 Å². The van der Waals surface area contributed by atoms with Crippen LogP contribution in [0.15, 0.2) is 34.8 Å². The van der Waals surface area contributed by atoms with Gasteiger partial charge >= 0.3 is 0 Å². The molecule has 0 spiro atoms. The highest BCUT2D eigenvalue weighted by Gasteiger charge is 2.09. The summed E-state index contributed by atoms with van der Waals surface area (Å²) in [6.45, 7) is 2.87. The molecule has 3 N–H and O–H groups in total. The number of nitrogens with two attached hydrogens (primary N) is 1. The Morgan fingerprint density at radius 1 is 1.29 bits per heavy atom. The first kappa shape index (κ1) is 15.7. The van der Waals surface area contributed by atoms with Crippen molar-refractivity contribution >= 4 is 27.6 Å². The average molecular weight is 350 g/mol. The predicted molar refractivity (Wildman–Crippen MR) is 90.1 cm³/mol. The Kier molecular flexibility index (Phi) is 5.52. The largest absolute Gasteiger partial charge is 0.355 e. The number of hydrogen-bond donors (Lipinski definition) is 2. The smallest absolute Gasteiger partial charge is 0.145 e. The number of hydrogen-bond acceptors (Lipinski definition) is 5. The van der Waals surface area contributed by atoms with Crippen LogP contribution in [-0.2, 0) is 13.0 Å². The van der Waals surface area contributed by atoms with E-state index in [1.807, 2.05) is 31.3 Å². The molecule has 0 aliphatic carbocycles. The van der Waals surface area contributed by atoms with E-state index in [1.165, 1.54) is 5.56 Å². The zero-order valence-electron chi connectivity index (χ0n) is 12.3. The highest BCUT2D eigenvalue weighted by Crippen LogP contribution is 2.21. The van der Waals surface area contributed by atoms with E-state index in [4.69, 9.17) is 5.84 Å². The SMILES string of the molecule is CCCc1nc(NN)cc(N(C)Cc2ccccc2Br)n1. The highest BCUT2D eigenvalue weighted by molar-refractivity contribution is 9.10. The minimum atomic E-state index is 0.641. The lowest BCUT2D eigenvalue weighted by atomic mass is 10.2. The number of anilines is 2. The van der Waals surface area contributed by atoms with Gasteiger partial charge in [0.15, 0.2) is 0 Å². The molecule has 1 aromatic heterocycles. The molecule has 6 heteroatoms. The molecule has 21 heavy (non-hydrogen) atoms. The number of hydrazine groups is 1. The zero-order valence-corrected chi connectivity index (χ0v) is 13.9. The Morgan fingerprint density at radius 2 is 2.05 bits per heavy atom. The first-order valence-corrected chi connectivity index (χ1v) is 7.72. The van der Waals surface area contributed by atoms with E-state index in [9.17, 15) is 0 Å². The van der Waals surface area contributed by atoms with Crippen molar-refractivity contribution in [2.45, 2.75) is 26.3 Å². The van der Waals surface area contributed by atoms with Crippen LogP contribution in [-0.4, -0.2) is 17.0 Å². The van der Waals surface area contributed by atoms with Crippen molar-refractivity contribution in [1.29, 1.82) is 0 Å². The second kappa shape index (κ2) is 7.38.